The molecular weight excluding hydrogens is 232 g/mol. The lowest BCUT2D eigenvalue weighted by atomic mass is 10.4. The van der Waals surface area contributed by atoms with Gasteiger partial charge in [-0.05, 0) is 36.7 Å². The molecule has 1 aromatic heterocycles. The fourth-order valence-electron chi connectivity index (χ4n) is 0.968. The minimum absolute atomic E-state index is 0.395. The molecule has 0 aliphatic carbocycles. The van der Waals surface area contributed by atoms with Crippen LogP contribution in [0.3, 0.4) is 0 Å². The Kier molecular flexibility index (Phi) is 3.93. The molecule has 1 rings (SSSR count). The molecule has 0 aromatic carbocycles. The smallest absolute Gasteiger partial charge is 0.102 e. The number of halogens is 1. The van der Waals surface area contributed by atoms with Crippen LogP contribution in [0.2, 0.25) is 0 Å². The van der Waals surface area contributed by atoms with Crippen molar-refractivity contribution >= 4 is 15.9 Å². The van der Waals surface area contributed by atoms with Crippen molar-refractivity contribution in [2.24, 2.45) is 0 Å². The van der Waals surface area contributed by atoms with Crippen LogP contribution >= 0.6 is 15.9 Å². The fraction of sp³-hybridized carbons (Fsp3) is 0.667. The second-order valence-electron chi connectivity index (χ2n) is 3.13. The zero-order valence-electron chi connectivity index (χ0n) is 8.25. The van der Waals surface area contributed by atoms with E-state index >= 15 is 0 Å². The molecule has 0 spiro atoms. The van der Waals surface area contributed by atoms with Crippen molar-refractivity contribution in [2.45, 2.75) is 33.4 Å². The van der Waals surface area contributed by atoms with Crippen LogP contribution in [0, 0.1) is 0 Å². The molecule has 0 aliphatic rings. The number of aromatic nitrogens is 2. The Labute approximate surface area is 87.2 Å². The third-order valence-corrected chi connectivity index (χ3v) is 2.39. The van der Waals surface area contributed by atoms with Crippen LogP contribution in [0.25, 0.3) is 0 Å². The molecule has 0 saturated heterocycles. The molecule has 0 radical (unpaired) electrons. The number of nitrogens with zero attached hydrogens (tertiary/aromatic N) is 2. The summed E-state index contributed by atoms with van der Waals surface area (Å²) in [6.45, 7) is 7.49. The molecule has 0 unspecified atom stereocenters. The summed E-state index contributed by atoms with van der Waals surface area (Å²) in [6, 6.07) is 0.395. The first-order chi connectivity index (χ1) is 6.15. The average molecular weight is 247 g/mol. The molecule has 13 heavy (non-hydrogen) atoms. The quantitative estimate of drug-likeness (QED) is 0.817. The molecular formula is C9H15BrN2O. The van der Waals surface area contributed by atoms with E-state index in [4.69, 9.17) is 4.74 Å². The molecule has 1 heterocycles. The van der Waals surface area contributed by atoms with Crippen molar-refractivity contribution in [1.82, 2.24) is 9.78 Å². The van der Waals surface area contributed by atoms with Gasteiger partial charge in [-0.25, -0.2) is 0 Å². The van der Waals surface area contributed by atoms with E-state index in [9.17, 15) is 0 Å². The first-order valence-corrected chi connectivity index (χ1v) is 5.25. The van der Waals surface area contributed by atoms with Crippen LogP contribution in [-0.2, 0) is 11.3 Å². The molecule has 74 valence electrons. The van der Waals surface area contributed by atoms with Crippen molar-refractivity contribution in [3.05, 3.63) is 16.4 Å². The Bertz CT molecular complexity index is 271. The van der Waals surface area contributed by atoms with E-state index in [1.165, 1.54) is 0 Å². The molecule has 3 nitrogen and oxygen atoms in total. The summed E-state index contributed by atoms with van der Waals surface area (Å²) in [5.74, 6) is 0. The Hall–Kier alpha value is -0.350. The predicted octanol–water partition coefficient (Wildman–Crippen LogP) is 2.76. The molecule has 4 heteroatoms. The van der Waals surface area contributed by atoms with Crippen LogP contribution in [-0.4, -0.2) is 16.4 Å². The van der Waals surface area contributed by atoms with Gasteiger partial charge in [-0.2, -0.15) is 5.10 Å². The van der Waals surface area contributed by atoms with Crippen LogP contribution in [0.4, 0.5) is 0 Å². The van der Waals surface area contributed by atoms with Gasteiger partial charge in [-0.3, -0.25) is 4.68 Å². The molecule has 0 amide bonds. The maximum absolute atomic E-state index is 5.29. The topological polar surface area (TPSA) is 27.1 Å². The summed E-state index contributed by atoms with van der Waals surface area (Å²) in [5, 5.41) is 4.39. The van der Waals surface area contributed by atoms with E-state index < -0.39 is 0 Å². The van der Waals surface area contributed by atoms with E-state index in [1.54, 1.807) is 0 Å². The highest BCUT2D eigenvalue weighted by Gasteiger charge is 2.07. The zero-order valence-corrected chi connectivity index (χ0v) is 9.84. The molecule has 0 N–H and O–H groups in total. The summed E-state index contributed by atoms with van der Waals surface area (Å²) in [5.41, 5.74) is 0.968. The lowest BCUT2D eigenvalue weighted by Crippen LogP contribution is -2.02. The second-order valence-corrected chi connectivity index (χ2v) is 3.99. The third-order valence-electron chi connectivity index (χ3n) is 1.73. The lowest BCUT2D eigenvalue weighted by molar-refractivity contribution is 0.130. The van der Waals surface area contributed by atoms with Crippen molar-refractivity contribution in [1.29, 1.82) is 0 Å². The summed E-state index contributed by atoms with van der Waals surface area (Å²) in [4.78, 5) is 0. The average Bonchev–Trinajstić information content (AvgIpc) is 2.44. The Morgan fingerprint density at radius 1 is 1.62 bits per heavy atom. The minimum Gasteiger partial charge on any atom is -0.375 e. The molecule has 0 saturated carbocycles. The van der Waals surface area contributed by atoms with Gasteiger partial charge in [0.05, 0.1) is 11.1 Å². The van der Waals surface area contributed by atoms with E-state index in [2.05, 4.69) is 34.9 Å². The fourth-order valence-corrected chi connectivity index (χ4v) is 1.37. The first kappa shape index (κ1) is 10.7. The van der Waals surface area contributed by atoms with Gasteiger partial charge < -0.3 is 4.74 Å². The van der Waals surface area contributed by atoms with Crippen LogP contribution in [0.1, 0.15) is 32.5 Å². The highest BCUT2D eigenvalue weighted by molar-refractivity contribution is 9.10. The van der Waals surface area contributed by atoms with Gasteiger partial charge in [-0.1, -0.05) is 0 Å². The van der Waals surface area contributed by atoms with E-state index in [-0.39, 0.29) is 0 Å². The normalized spacial score (nSPS) is 11.2. The van der Waals surface area contributed by atoms with Gasteiger partial charge in [0.2, 0.25) is 0 Å². The van der Waals surface area contributed by atoms with Crippen molar-refractivity contribution < 1.29 is 4.74 Å². The monoisotopic (exact) mass is 246 g/mol. The largest absolute Gasteiger partial charge is 0.375 e. The summed E-state index contributed by atoms with van der Waals surface area (Å²) >= 11 is 3.45. The van der Waals surface area contributed by atoms with Gasteiger partial charge >= 0.3 is 0 Å². The van der Waals surface area contributed by atoms with Crippen molar-refractivity contribution in [2.75, 3.05) is 6.61 Å². The van der Waals surface area contributed by atoms with Gasteiger partial charge in [0.25, 0.3) is 0 Å². The number of ether oxygens (including phenoxy) is 1. The Morgan fingerprint density at radius 2 is 2.31 bits per heavy atom. The predicted molar refractivity (Wildman–Crippen MR) is 55.6 cm³/mol. The highest BCUT2D eigenvalue weighted by Crippen LogP contribution is 2.18. The summed E-state index contributed by atoms with van der Waals surface area (Å²) in [7, 11) is 0. The standard InChI is InChI=1S/C9H15BrN2O/c1-4-13-6-9-8(10)5-12(11-9)7(2)3/h5,7H,4,6H2,1-3H3. The van der Waals surface area contributed by atoms with Crippen LogP contribution in [0.15, 0.2) is 10.7 Å². The molecule has 0 fully saturated rings. The minimum atomic E-state index is 0.395. The molecule has 0 atom stereocenters. The van der Waals surface area contributed by atoms with Gasteiger partial charge in [0.15, 0.2) is 0 Å². The lowest BCUT2D eigenvalue weighted by Gasteiger charge is -2.03. The van der Waals surface area contributed by atoms with Crippen molar-refractivity contribution in [3.8, 4) is 0 Å². The van der Waals surface area contributed by atoms with Gasteiger partial charge in [-0.15, -0.1) is 0 Å². The van der Waals surface area contributed by atoms with E-state index in [0.717, 1.165) is 16.8 Å². The Balaban J connectivity index is 2.71. The first-order valence-electron chi connectivity index (χ1n) is 4.46. The molecule has 0 aliphatic heterocycles. The number of hydrogen-bond acceptors (Lipinski definition) is 2. The highest BCUT2D eigenvalue weighted by atomic mass is 79.9. The molecule has 0 bridgehead atoms. The van der Waals surface area contributed by atoms with Crippen LogP contribution in [0.5, 0.6) is 0 Å². The zero-order chi connectivity index (χ0) is 9.84. The maximum atomic E-state index is 5.29. The maximum Gasteiger partial charge on any atom is 0.102 e. The van der Waals surface area contributed by atoms with Crippen molar-refractivity contribution in [3.63, 3.8) is 0 Å². The second kappa shape index (κ2) is 4.77. The summed E-state index contributed by atoms with van der Waals surface area (Å²) in [6.07, 6.45) is 1.99. The number of rotatable bonds is 4. The molecule has 1 aromatic rings. The van der Waals surface area contributed by atoms with E-state index in [0.29, 0.717) is 12.6 Å². The third kappa shape index (κ3) is 2.81. The Morgan fingerprint density at radius 3 is 2.77 bits per heavy atom. The van der Waals surface area contributed by atoms with Crippen LogP contribution < -0.4 is 0 Å². The summed E-state index contributed by atoms with van der Waals surface area (Å²) < 4.78 is 8.24. The van der Waals surface area contributed by atoms with Gasteiger partial charge in [0.1, 0.15) is 5.69 Å². The van der Waals surface area contributed by atoms with E-state index in [1.807, 2.05) is 17.8 Å². The number of hydrogen-bond donors (Lipinski definition) is 0. The SMILES string of the molecule is CCOCc1nn(C(C)C)cc1Br. The van der Waals surface area contributed by atoms with Gasteiger partial charge in [0, 0.05) is 18.8 Å².